The van der Waals surface area contributed by atoms with Gasteiger partial charge in [0.15, 0.2) is 0 Å². The molecule has 52 heavy (non-hydrogen) atoms. The standard InChI is InChI=1S/C34H41N7O10S/c1-22-12-15-36-32-23(22)8-9-24-25(13-16-37-33(24)32)39-28(43)6-4-7-29(44)40-26(21-52(48,49)50)34(47)38-14-3-2-5-27(42)35-17-19-51-20-18-41-30(45)10-11-31(41)46/h8-13,15-16,26H,2-7,14,17-21H2,1H3,(H,35,42)(H,38,47)(H,40,44)(H,37,39,43)(H,48,49,50). The number of pyridine rings is 2. The van der Waals surface area contributed by atoms with Gasteiger partial charge in [-0.3, -0.25) is 48.2 Å². The zero-order valence-electron chi connectivity index (χ0n) is 28.6. The Morgan fingerprint density at radius 1 is 0.808 bits per heavy atom. The van der Waals surface area contributed by atoms with E-state index in [0.717, 1.165) is 15.8 Å². The van der Waals surface area contributed by atoms with Gasteiger partial charge in [-0.15, -0.1) is 0 Å². The largest absolute Gasteiger partial charge is 0.378 e. The van der Waals surface area contributed by atoms with Gasteiger partial charge in [0, 0.05) is 67.7 Å². The van der Waals surface area contributed by atoms with Gasteiger partial charge in [0.2, 0.25) is 23.6 Å². The number of fused-ring (bicyclic) bond motifs is 3. The van der Waals surface area contributed by atoms with E-state index in [-0.39, 0.29) is 70.3 Å². The molecule has 1 atom stereocenters. The van der Waals surface area contributed by atoms with Crippen molar-refractivity contribution in [1.29, 1.82) is 0 Å². The summed E-state index contributed by atoms with van der Waals surface area (Å²) in [6, 6.07) is 5.75. The lowest BCUT2D eigenvalue weighted by Crippen LogP contribution is -2.50. The van der Waals surface area contributed by atoms with Crippen LogP contribution in [-0.2, 0) is 43.6 Å². The summed E-state index contributed by atoms with van der Waals surface area (Å²) < 4.78 is 37.8. The summed E-state index contributed by atoms with van der Waals surface area (Å²) in [5.74, 6) is -3.99. The van der Waals surface area contributed by atoms with Gasteiger partial charge < -0.3 is 26.0 Å². The molecule has 1 aromatic carbocycles. The Morgan fingerprint density at radius 2 is 1.46 bits per heavy atom. The van der Waals surface area contributed by atoms with Crippen molar-refractivity contribution in [2.45, 2.75) is 51.5 Å². The van der Waals surface area contributed by atoms with Gasteiger partial charge in [-0.05, 0) is 49.9 Å². The predicted molar refractivity (Wildman–Crippen MR) is 189 cm³/mol. The van der Waals surface area contributed by atoms with Crippen LogP contribution in [0, 0.1) is 6.92 Å². The number of aryl methyl sites for hydroxylation is 1. The number of carbonyl (C=O) groups excluding carboxylic acids is 6. The van der Waals surface area contributed by atoms with Crippen molar-refractivity contribution in [3.8, 4) is 0 Å². The van der Waals surface area contributed by atoms with Crippen LogP contribution in [0.25, 0.3) is 21.8 Å². The lowest BCUT2D eigenvalue weighted by Gasteiger charge is -2.17. The molecular weight excluding hydrogens is 698 g/mol. The average Bonchev–Trinajstić information content (AvgIpc) is 3.41. The lowest BCUT2D eigenvalue weighted by molar-refractivity contribution is -0.137. The number of hydrogen-bond donors (Lipinski definition) is 5. The van der Waals surface area contributed by atoms with Gasteiger partial charge in [0.05, 0.1) is 36.5 Å². The Kier molecular flexibility index (Phi) is 14.2. The zero-order chi connectivity index (χ0) is 37.7. The smallest absolute Gasteiger partial charge is 0.267 e. The van der Waals surface area contributed by atoms with E-state index >= 15 is 0 Å². The molecule has 3 aromatic rings. The predicted octanol–water partition coefficient (Wildman–Crippen LogP) is 0.917. The highest BCUT2D eigenvalue weighted by Crippen LogP contribution is 2.29. The van der Waals surface area contributed by atoms with E-state index < -0.39 is 45.5 Å². The number of amides is 6. The van der Waals surface area contributed by atoms with Crippen molar-refractivity contribution in [2.24, 2.45) is 0 Å². The Hall–Kier alpha value is -5.33. The number of aromatic nitrogens is 2. The molecule has 0 spiro atoms. The van der Waals surface area contributed by atoms with Crippen LogP contribution in [0.5, 0.6) is 0 Å². The maximum Gasteiger partial charge on any atom is 0.267 e. The van der Waals surface area contributed by atoms with E-state index in [0.29, 0.717) is 34.9 Å². The van der Waals surface area contributed by atoms with Crippen LogP contribution in [-0.4, -0.2) is 108 Å². The Labute approximate surface area is 299 Å². The van der Waals surface area contributed by atoms with Crippen LogP contribution >= 0.6 is 0 Å². The van der Waals surface area contributed by atoms with Crippen LogP contribution < -0.4 is 21.3 Å². The van der Waals surface area contributed by atoms with Crippen LogP contribution in [0.1, 0.15) is 44.1 Å². The highest BCUT2D eigenvalue weighted by molar-refractivity contribution is 7.85. The number of rotatable bonds is 20. The fourth-order valence-corrected chi connectivity index (χ4v) is 6.02. The summed E-state index contributed by atoms with van der Waals surface area (Å²) >= 11 is 0. The molecule has 278 valence electrons. The van der Waals surface area contributed by atoms with Gasteiger partial charge in [0.1, 0.15) is 11.8 Å². The summed E-state index contributed by atoms with van der Waals surface area (Å²) in [7, 11) is -4.63. The SMILES string of the molecule is Cc1ccnc2c1ccc1c(NC(=O)CCCC(=O)NC(CS(=O)(=O)O)C(=O)NCCCCC(=O)NCCOCCN3C(=O)C=CC3=O)ccnc12. The number of unbranched alkanes of at least 4 members (excludes halogenated alkanes) is 1. The maximum absolute atomic E-state index is 12.7. The fraction of sp³-hybridized carbons (Fsp3) is 0.412. The van der Waals surface area contributed by atoms with Gasteiger partial charge in [-0.1, -0.05) is 6.07 Å². The number of nitrogens with zero attached hydrogens (tertiary/aromatic N) is 3. The summed E-state index contributed by atoms with van der Waals surface area (Å²) in [4.78, 5) is 82.9. The van der Waals surface area contributed by atoms with Crippen molar-refractivity contribution >= 4 is 73.1 Å². The number of anilines is 1. The van der Waals surface area contributed by atoms with E-state index in [4.69, 9.17) is 4.74 Å². The second-order valence-corrected chi connectivity index (χ2v) is 13.5. The average molecular weight is 740 g/mol. The van der Waals surface area contributed by atoms with E-state index in [1.807, 2.05) is 25.1 Å². The molecule has 0 fully saturated rings. The molecule has 1 unspecified atom stereocenters. The molecule has 5 N–H and O–H groups in total. The number of nitrogens with one attached hydrogen (secondary N) is 4. The molecule has 0 aliphatic carbocycles. The number of carbonyl (C=O) groups is 6. The molecule has 2 aromatic heterocycles. The van der Waals surface area contributed by atoms with Crippen LogP contribution in [0.2, 0.25) is 0 Å². The molecule has 6 amide bonds. The maximum atomic E-state index is 12.7. The molecule has 0 radical (unpaired) electrons. The molecular formula is C34H41N7O10S. The first-order chi connectivity index (χ1) is 24.8. The molecule has 3 heterocycles. The van der Waals surface area contributed by atoms with Crippen molar-refractivity contribution in [2.75, 3.05) is 43.9 Å². The molecule has 1 aliphatic heterocycles. The van der Waals surface area contributed by atoms with Crippen LogP contribution in [0.4, 0.5) is 5.69 Å². The number of ether oxygens (including phenoxy) is 1. The topological polar surface area (TPSA) is 243 Å². The van der Waals surface area contributed by atoms with Gasteiger partial charge in [-0.25, -0.2) is 0 Å². The summed E-state index contributed by atoms with van der Waals surface area (Å²) in [5.41, 5.74) is 2.91. The minimum absolute atomic E-state index is 0.0427. The first-order valence-corrected chi connectivity index (χ1v) is 18.3. The van der Waals surface area contributed by atoms with Crippen molar-refractivity contribution in [1.82, 2.24) is 30.8 Å². The molecule has 17 nitrogen and oxygen atoms in total. The summed E-state index contributed by atoms with van der Waals surface area (Å²) in [6.07, 6.45) is 6.38. The molecule has 0 saturated heterocycles. The highest BCUT2D eigenvalue weighted by Gasteiger charge is 2.26. The number of hydrogen-bond acceptors (Lipinski definition) is 11. The third kappa shape index (κ3) is 11.9. The first-order valence-electron chi connectivity index (χ1n) is 16.7. The van der Waals surface area contributed by atoms with Gasteiger partial charge >= 0.3 is 0 Å². The van der Waals surface area contributed by atoms with E-state index in [1.54, 1.807) is 18.5 Å². The summed E-state index contributed by atoms with van der Waals surface area (Å²) in [6.45, 7) is 2.68. The van der Waals surface area contributed by atoms with E-state index in [1.165, 1.54) is 12.2 Å². The normalized spacial score (nSPS) is 13.4. The second-order valence-electron chi connectivity index (χ2n) is 12.0. The zero-order valence-corrected chi connectivity index (χ0v) is 29.4. The molecule has 0 bridgehead atoms. The third-order valence-electron chi connectivity index (χ3n) is 8.01. The van der Waals surface area contributed by atoms with E-state index in [9.17, 15) is 41.7 Å². The Bertz CT molecular complexity index is 1950. The van der Waals surface area contributed by atoms with Crippen LogP contribution in [0.15, 0.2) is 48.8 Å². The molecule has 0 saturated carbocycles. The number of benzene rings is 1. The van der Waals surface area contributed by atoms with Crippen LogP contribution in [0.3, 0.4) is 0 Å². The van der Waals surface area contributed by atoms with Crippen molar-refractivity contribution in [3.05, 3.63) is 54.4 Å². The van der Waals surface area contributed by atoms with Gasteiger partial charge in [0.25, 0.3) is 21.9 Å². The monoisotopic (exact) mass is 739 g/mol. The molecule has 18 heteroatoms. The second kappa shape index (κ2) is 18.8. The minimum atomic E-state index is -4.63. The quantitative estimate of drug-likeness (QED) is 0.0470. The number of imide groups is 1. The van der Waals surface area contributed by atoms with Gasteiger partial charge in [-0.2, -0.15) is 8.42 Å². The molecule has 1 aliphatic rings. The van der Waals surface area contributed by atoms with Crippen molar-refractivity contribution in [3.63, 3.8) is 0 Å². The third-order valence-corrected chi connectivity index (χ3v) is 8.76. The fourth-order valence-electron chi connectivity index (χ4n) is 5.36. The minimum Gasteiger partial charge on any atom is -0.378 e. The van der Waals surface area contributed by atoms with E-state index in [2.05, 4.69) is 31.2 Å². The Balaban J connectivity index is 1.12. The Morgan fingerprint density at radius 3 is 2.19 bits per heavy atom. The highest BCUT2D eigenvalue weighted by atomic mass is 32.2. The molecule has 4 rings (SSSR count). The summed E-state index contributed by atoms with van der Waals surface area (Å²) in [5, 5.41) is 11.9. The first kappa shape index (κ1) is 39.5. The van der Waals surface area contributed by atoms with Crippen molar-refractivity contribution < 1.29 is 46.5 Å². The lowest BCUT2D eigenvalue weighted by atomic mass is 10.1.